The summed E-state index contributed by atoms with van der Waals surface area (Å²) in [6.45, 7) is 1.71. The Hall–Kier alpha value is -2.65. The van der Waals surface area contributed by atoms with Gasteiger partial charge in [-0.3, -0.25) is 0 Å². The van der Waals surface area contributed by atoms with E-state index in [-0.39, 0.29) is 0 Å². The summed E-state index contributed by atoms with van der Waals surface area (Å²) in [7, 11) is -3.95. The molecule has 3 aliphatic rings. The molecule has 0 radical (unpaired) electrons. The summed E-state index contributed by atoms with van der Waals surface area (Å²) in [4.78, 5) is 16.9. The van der Waals surface area contributed by atoms with Gasteiger partial charge in [0.05, 0.1) is 17.7 Å². The van der Waals surface area contributed by atoms with Gasteiger partial charge < -0.3 is 14.6 Å². The highest BCUT2D eigenvalue weighted by Crippen LogP contribution is 2.38. The van der Waals surface area contributed by atoms with E-state index in [1.165, 1.54) is 17.2 Å². The average molecular weight is 429 g/mol. The van der Waals surface area contributed by atoms with E-state index in [1.807, 2.05) is 4.57 Å². The second kappa shape index (κ2) is 7.55. The van der Waals surface area contributed by atoms with Gasteiger partial charge in [0.1, 0.15) is 12.4 Å². The van der Waals surface area contributed by atoms with Crippen molar-refractivity contribution in [2.75, 3.05) is 11.9 Å². The lowest BCUT2D eigenvalue weighted by Crippen LogP contribution is -2.33. The monoisotopic (exact) mass is 428 g/mol. The number of carbonyl (C=O) groups excluding carboxylic acids is 1. The van der Waals surface area contributed by atoms with Gasteiger partial charge in [-0.25, -0.2) is 22.9 Å². The van der Waals surface area contributed by atoms with Crippen LogP contribution in [0.15, 0.2) is 17.7 Å². The van der Waals surface area contributed by atoms with Gasteiger partial charge in [-0.05, 0) is 66.9 Å². The molecule has 0 spiro atoms. The van der Waals surface area contributed by atoms with E-state index in [2.05, 4.69) is 21.1 Å². The molecule has 9 heteroatoms. The van der Waals surface area contributed by atoms with Crippen molar-refractivity contribution in [1.82, 2.24) is 14.3 Å². The van der Waals surface area contributed by atoms with Crippen LogP contribution in [-0.2, 0) is 53.6 Å². The molecule has 0 bridgehead atoms. The van der Waals surface area contributed by atoms with Crippen LogP contribution in [0.4, 0.5) is 10.5 Å². The van der Waals surface area contributed by atoms with Crippen molar-refractivity contribution in [2.45, 2.75) is 51.7 Å². The number of benzene rings is 1. The largest absolute Gasteiger partial charge is 0.372 e. The number of urea groups is 1. The minimum absolute atomic E-state index is 0.410. The molecule has 158 valence electrons. The van der Waals surface area contributed by atoms with Gasteiger partial charge in [-0.1, -0.05) is 6.07 Å². The zero-order valence-electron chi connectivity index (χ0n) is 16.6. The van der Waals surface area contributed by atoms with Gasteiger partial charge in [-0.15, -0.1) is 0 Å². The Morgan fingerprint density at radius 3 is 2.57 bits per heavy atom. The van der Waals surface area contributed by atoms with Crippen LogP contribution in [0.1, 0.15) is 46.6 Å². The number of carbonyl (C=O) groups is 1. The number of anilines is 1. The topological polar surface area (TPSA) is 102 Å². The van der Waals surface area contributed by atoms with E-state index >= 15 is 0 Å². The van der Waals surface area contributed by atoms with Gasteiger partial charge >= 0.3 is 6.03 Å². The number of imidazole rings is 1. The second-order valence-corrected chi connectivity index (χ2v) is 9.53. The first-order valence-electron chi connectivity index (χ1n) is 10.3. The first-order chi connectivity index (χ1) is 14.5. The second-order valence-electron chi connectivity index (χ2n) is 7.97. The van der Waals surface area contributed by atoms with E-state index in [0.717, 1.165) is 66.6 Å². The quantitative estimate of drug-likeness (QED) is 0.779. The van der Waals surface area contributed by atoms with Crippen LogP contribution in [-0.4, -0.2) is 30.6 Å². The van der Waals surface area contributed by atoms with E-state index < -0.39 is 16.1 Å². The summed E-state index contributed by atoms with van der Waals surface area (Å²) in [6.07, 6.45) is 9.16. The third-order valence-corrected chi connectivity index (χ3v) is 6.91. The summed E-state index contributed by atoms with van der Waals surface area (Å²) in [5.41, 5.74) is 6.20. The Morgan fingerprint density at radius 2 is 1.87 bits per heavy atom. The molecular weight excluding hydrogens is 404 g/mol. The molecule has 2 N–H and O–H groups in total. The van der Waals surface area contributed by atoms with Crippen LogP contribution in [0.3, 0.4) is 0 Å². The molecule has 2 heterocycles. The van der Waals surface area contributed by atoms with Crippen molar-refractivity contribution in [3.8, 4) is 0 Å². The van der Waals surface area contributed by atoms with Crippen molar-refractivity contribution < 1.29 is 17.9 Å². The Bertz CT molecular complexity index is 1090. The maximum atomic E-state index is 12.5. The molecule has 0 saturated carbocycles. The Morgan fingerprint density at radius 1 is 1.13 bits per heavy atom. The Labute approximate surface area is 175 Å². The molecule has 0 fully saturated rings. The zero-order valence-corrected chi connectivity index (χ0v) is 17.4. The first-order valence-corrected chi connectivity index (χ1v) is 11.9. The van der Waals surface area contributed by atoms with Gasteiger partial charge in [-0.2, -0.15) is 0 Å². The number of hydrogen-bond donors (Lipinski definition) is 2. The lowest BCUT2D eigenvalue weighted by Gasteiger charge is -2.16. The number of aryl methyl sites for hydroxylation is 2. The maximum Gasteiger partial charge on any atom is 0.333 e. The Balaban J connectivity index is 1.30. The molecule has 0 saturated heterocycles. The van der Waals surface area contributed by atoms with E-state index in [0.29, 0.717) is 25.5 Å². The van der Waals surface area contributed by atoms with Crippen molar-refractivity contribution in [3.63, 3.8) is 0 Å². The smallest absolute Gasteiger partial charge is 0.333 e. The number of fused-ring (bicyclic) bond motifs is 3. The number of sulfonamides is 1. The molecule has 2 aromatic rings. The van der Waals surface area contributed by atoms with Crippen LogP contribution in [0.5, 0.6) is 0 Å². The summed E-state index contributed by atoms with van der Waals surface area (Å²) in [6, 6.07) is 1.54. The fourth-order valence-electron chi connectivity index (χ4n) is 4.62. The van der Waals surface area contributed by atoms with Gasteiger partial charge in [0.25, 0.3) is 10.0 Å². The molecular formula is C21H24N4O4S. The molecule has 0 unspecified atom stereocenters. The van der Waals surface area contributed by atoms with Crippen LogP contribution in [0.25, 0.3) is 6.08 Å². The van der Waals surface area contributed by atoms with Crippen molar-refractivity contribution in [1.29, 1.82) is 0 Å². The molecule has 1 aromatic carbocycles. The van der Waals surface area contributed by atoms with Gasteiger partial charge in [0, 0.05) is 18.4 Å². The van der Waals surface area contributed by atoms with E-state index in [4.69, 9.17) is 4.74 Å². The number of rotatable bonds is 4. The number of nitrogens with one attached hydrogen (secondary N) is 2. The number of nitrogens with zero attached hydrogens (tertiary/aromatic N) is 2. The van der Waals surface area contributed by atoms with Gasteiger partial charge in [0.2, 0.25) is 0 Å². The minimum Gasteiger partial charge on any atom is -0.372 e. The lowest BCUT2D eigenvalue weighted by molar-refractivity contribution is 0.0816. The number of aromatic nitrogens is 2. The van der Waals surface area contributed by atoms with Crippen molar-refractivity contribution in [2.24, 2.45) is 0 Å². The zero-order chi connectivity index (χ0) is 20.7. The standard InChI is InChI=1S/C21H24N4O4S/c26-21(23-20-17-5-1-3-14(17)11-15-4-2-6-18(15)20)24-30(27,28)10-7-16-12-25-8-9-29-13-19(25)22-16/h7,10-12H,1-6,8-9,13H2,(H2,23,24,26)/b10-7+. The Kier molecular flexibility index (Phi) is 4.86. The SMILES string of the molecule is O=C(Nc1c2c(cc3c1CCC3)CCC2)NS(=O)(=O)/C=C/c1cn2c(n1)COCC2. The van der Waals surface area contributed by atoms with Crippen molar-refractivity contribution >= 4 is 27.8 Å². The minimum atomic E-state index is -3.95. The summed E-state index contributed by atoms with van der Waals surface area (Å²) in [5, 5.41) is 3.81. The molecule has 1 aromatic heterocycles. The number of hydrogen-bond acceptors (Lipinski definition) is 5. The van der Waals surface area contributed by atoms with Crippen LogP contribution >= 0.6 is 0 Å². The molecule has 2 amide bonds. The predicted molar refractivity (Wildman–Crippen MR) is 112 cm³/mol. The fourth-order valence-corrected chi connectivity index (χ4v) is 5.32. The molecule has 2 aliphatic carbocycles. The third-order valence-electron chi connectivity index (χ3n) is 5.95. The van der Waals surface area contributed by atoms with Gasteiger partial charge in [0.15, 0.2) is 0 Å². The highest BCUT2D eigenvalue weighted by atomic mass is 32.2. The molecule has 8 nitrogen and oxygen atoms in total. The number of ether oxygens (including phenoxy) is 1. The molecule has 5 rings (SSSR count). The highest BCUT2D eigenvalue weighted by molar-refractivity contribution is 7.93. The van der Waals surface area contributed by atoms with Crippen LogP contribution in [0, 0.1) is 0 Å². The lowest BCUT2D eigenvalue weighted by atomic mass is 9.99. The summed E-state index contributed by atoms with van der Waals surface area (Å²) >= 11 is 0. The van der Waals surface area contributed by atoms with Crippen molar-refractivity contribution in [3.05, 3.63) is 51.4 Å². The normalized spacial score (nSPS) is 17.6. The number of amides is 2. The highest BCUT2D eigenvalue weighted by Gasteiger charge is 2.25. The van der Waals surface area contributed by atoms with Crippen LogP contribution in [0.2, 0.25) is 0 Å². The maximum absolute atomic E-state index is 12.5. The average Bonchev–Trinajstić information content (AvgIpc) is 3.44. The van der Waals surface area contributed by atoms with Crippen LogP contribution < -0.4 is 10.0 Å². The summed E-state index contributed by atoms with van der Waals surface area (Å²) in [5.74, 6) is 0.760. The van der Waals surface area contributed by atoms with E-state index in [1.54, 1.807) is 6.20 Å². The summed E-state index contributed by atoms with van der Waals surface area (Å²) < 4.78 is 34.2. The molecule has 0 atom stereocenters. The molecule has 30 heavy (non-hydrogen) atoms. The van der Waals surface area contributed by atoms with E-state index in [9.17, 15) is 13.2 Å². The predicted octanol–water partition coefficient (Wildman–Crippen LogP) is 2.51. The fraction of sp³-hybridized carbons (Fsp3) is 0.429. The molecule has 1 aliphatic heterocycles. The third kappa shape index (κ3) is 3.75. The first kappa shape index (κ1) is 19.3.